The third-order valence-electron chi connectivity index (χ3n) is 4.58. The first-order valence-electron chi connectivity index (χ1n) is 9.41. The number of rotatable bonds is 8. The Hall–Kier alpha value is -2.70. The zero-order valence-electron chi connectivity index (χ0n) is 15.9. The molecule has 0 aliphatic carbocycles. The lowest BCUT2D eigenvalue weighted by Gasteiger charge is -2.22. The van der Waals surface area contributed by atoms with Gasteiger partial charge in [-0.2, -0.15) is 0 Å². The fourth-order valence-electron chi connectivity index (χ4n) is 2.98. The quantitative estimate of drug-likeness (QED) is 0.477. The summed E-state index contributed by atoms with van der Waals surface area (Å²) >= 11 is 0. The van der Waals surface area contributed by atoms with E-state index in [1.54, 1.807) is 12.1 Å². The normalized spacial score (nSPS) is 16.6. The van der Waals surface area contributed by atoms with Crippen LogP contribution < -0.4 is 16.0 Å². The number of hydrogen-bond acceptors (Lipinski definition) is 4. The number of imide groups is 1. The van der Waals surface area contributed by atoms with E-state index in [9.17, 15) is 19.2 Å². The van der Waals surface area contributed by atoms with E-state index in [2.05, 4.69) is 22.9 Å². The number of nitrogens with one attached hydrogen (secondary N) is 3. The van der Waals surface area contributed by atoms with Crippen molar-refractivity contribution in [2.45, 2.75) is 65.0 Å². The zero-order chi connectivity index (χ0) is 19.8. The van der Waals surface area contributed by atoms with E-state index < -0.39 is 11.9 Å². The summed E-state index contributed by atoms with van der Waals surface area (Å²) in [6.07, 6.45) is 4.06. The summed E-state index contributed by atoms with van der Waals surface area (Å²) < 4.78 is 0. The molecule has 0 aromatic heterocycles. The molecule has 1 atom stereocenters. The molecule has 0 bridgehead atoms. The van der Waals surface area contributed by atoms with Gasteiger partial charge in [-0.25, -0.2) is 0 Å². The van der Waals surface area contributed by atoms with Gasteiger partial charge in [0.2, 0.25) is 17.7 Å². The van der Waals surface area contributed by atoms with Gasteiger partial charge < -0.3 is 10.6 Å². The minimum atomic E-state index is -0.698. The van der Waals surface area contributed by atoms with E-state index in [-0.39, 0.29) is 24.1 Å². The van der Waals surface area contributed by atoms with Gasteiger partial charge in [0.15, 0.2) is 0 Å². The summed E-state index contributed by atoms with van der Waals surface area (Å²) in [5.41, 5.74) is 2.14. The van der Waals surface area contributed by atoms with Crippen LogP contribution in [0.5, 0.6) is 0 Å². The topological polar surface area (TPSA) is 104 Å². The van der Waals surface area contributed by atoms with Crippen molar-refractivity contribution in [3.05, 3.63) is 34.9 Å². The molecule has 1 aliphatic rings. The third-order valence-corrected chi connectivity index (χ3v) is 4.58. The first-order valence-corrected chi connectivity index (χ1v) is 9.41. The molecule has 0 spiro atoms. The van der Waals surface area contributed by atoms with E-state index in [1.807, 2.05) is 13.0 Å². The highest BCUT2D eigenvalue weighted by molar-refractivity contribution is 6.04. The molecular formula is C20H27N3O4. The second-order valence-corrected chi connectivity index (χ2v) is 6.86. The molecule has 1 aliphatic heterocycles. The van der Waals surface area contributed by atoms with Crippen LogP contribution in [0.2, 0.25) is 0 Å². The lowest BCUT2D eigenvalue weighted by Crippen LogP contribution is -2.52. The highest BCUT2D eigenvalue weighted by atomic mass is 16.2. The molecule has 146 valence electrons. The summed E-state index contributed by atoms with van der Waals surface area (Å²) in [5, 5.41) is 7.78. The van der Waals surface area contributed by atoms with Crippen molar-refractivity contribution < 1.29 is 19.2 Å². The fourth-order valence-corrected chi connectivity index (χ4v) is 2.98. The maximum absolute atomic E-state index is 12.4. The van der Waals surface area contributed by atoms with E-state index in [0.29, 0.717) is 24.9 Å². The van der Waals surface area contributed by atoms with Crippen LogP contribution in [0, 0.1) is 6.92 Å². The monoisotopic (exact) mass is 373 g/mol. The summed E-state index contributed by atoms with van der Waals surface area (Å²) in [6.45, 7) is 4.32. The molecule has 0 radical (unpaired) electrons. The third kappa shape index (κ3) is 6.20. The van der Waals surface area contributed by atoms with Crippen LogP contribution >= 0.6 is 0 Å². The van der Waals surface area contributed by atoms with Crippen molar-refractivity contribution in [2.24, 2.45) is 0 Å². The molecule has 1 aromatic rings. The second kappa shape index (κ2) is 9.85. The molecule has 1 aromatic carbocycles. The van der Waals surface area contributed by atoms with Gasteiger partial charge >= 0.3 is 0 Å². The van der Waals surface area contributed by atoms with E-state index >= 15 is 0 Å². The first kappa shape index (κ1) is 20.6. The Kier molecular flexibility index (Phi) is 7.52. The van der Waals surface area contributed by atoms with Crippen LogP contribution in [0.3, 0.4) is 0 Å². The highest BCUT2D eigenvalue weighted by Gasteiger charge is 2.28. The van der Waals surface area contributed by atoms with Crippen LogP contribution in [-0.2, 0) is 20.9 Å². The molecular weight excluding hydrogens is 346 g/mol. The number of carbonyl (C=O) groups excluding carboxylic acids is 4. The van der Waals surface area contributed by atoms with Crippen molar-refractivity contribution in [2.75, 3.05) is 0 Å². The van der Waals surface area contributed by atoms with Crippen molar-refractivity contribution in [1.29, 1.82) is 0 Å². The highest BCUT2D eigenvalue weighted by Crippen LogP contribution is 2.13. The van der Waals surface area contributed by atoms with Gasteiger partial charge in [-0.15, -0.1) is 0 Å². The number of piperidine rings is 1. The molecule has 7 heteroatoms. The smallest absolute Gasteiger partial charge is 0.252 e. The predicted molar refractivity (Wildman–Crippen MR) is 101 cm³/mol. The molecule has 27 heavy (non-hydrogen) atoms. The van der Waals surface area contributed by atoms with Gasteiger partial charge in [0, 0.05) is 24.9 Å². The zero-order valence-corrected chi connectivity index (χ0v) is 15.9. The average molecular weight is 373 g/mol. The van der Waals surface area contributed by atoms with Gasteiger partial charge in [0.1, 0.15) is 6.04 Å². The van der Waals surface area contributed by atoms with Gasteiger partial charge in [-0.1, -0.05) is 31.9 Å². The Balaban J connectivity index is 1.89. The van der Waals surface area contributed by atoms with E-state index in [0.717, 1.165) is 30.4 Å². The number of carbonyl (C=O) groups is 4. The van der Waals surface area contributed by atoms with Crippen molar-refractivity contribution in [3.8, 4) is 0 Å². The van der Waals surface area contributed by atoms with Gasteiger partial charge in [0.05, 0.1) is 0 Å². The van der Waals surface area contributed by atoms with E-state index in [4.69, 9.17) is 0 Å². The first-order chi connectivity index (χ1) is 12.9. The largest absolute Gasteiger partial charge is 0.352 e. The Morgan fingerprint density at radius 1 is 1.22 bits per heavy atom. The van der Waals surface area contributed by atoms with Crippen LogP contribution in [0.15, 0.2) is 18.2 Å². The molecule has 1 saturated heterocycles. The lowest BCUT2D eigenvalue weighted by molar-refractivity contribution is -0.134. The Morgan fingerprint density at radius 2 is 2.00 bits per heavy atom. The maximum Gasteiger partial charge on any atom is 0.252 e. The van der Waals surface area contributed by atoms with Crippen LogP contribution in [-0.4, -0.2) is 29.7 Å². The van der Waals surface area contributed by atoms with Crippen LogP contribution in [0.25, 0.3) is 0 Å². The Morgan fingerprint density at radius 3 is 2.67 bits per heavy atom. The van der Waals surface area contributed by atoms with Gasteiger partial charge in [0.25, 0.3) is 5.91 Å². The number of hydrogen-bond donors (Lipinski definition) is 3. The van der Waals surface area contributed by atoms with Gasteiger partial charge in [-0.05, 0) is 37.0 Å². The number of benzene rings is 1. The summed E-state index contributed by atoms with van der Waals surface area (Å²) in [6, 6.07) is 4.64. The molecule has 1 unspecified atom stereocenters. The SMILES string of the molecule is CCCCCC(=O)NCc1ccc(C(=O)NC2CCC(=O)NC2=O)c(C)c1. The minimum Gasteiger partial charge on any atom is -0.352 e. The van der Waals surface area contributed by atoms with Crippen LogP contribution in [0.4, 0.5) is 0 Å². The van der Waals surface area contributed by atoms with Crippen molar-refractivity contribution in [1.82, 2.24) is 16.0 Å². The van der Waals surface area contributed by atoms with Gasteiger partial charge in [-0.3, -0.25) is 24.5 Å². The standard InChI is InChI=1S/C20H27N3O4/c1-3-4-5-6-17(24)21-12-14-7-8-15(13(2)11-14)19(26)22-16-9-10-18(25)23-20(16)27/h7-8,11,16H,3-6,9-10,12H2,1-2H3,(H,21,24)(H,22,26)(H,23,25,27). The van der Waals surface area contributed by atoms with E-state index in [1.165, 1.54) is 0 Å². The maximum atomic E-state index is 12.4. The Bertz CT molecular complexity index is 730. The summed E-state index contributed by atoms with van der Waals surface area (Å²) in [7, 11) is 0. The fraction of sp³-hybridized carbons (Fsp3) is 0.500. The molecule has 0 saturated carbocycles. The predicted octanol–water partition coefficient (Wildman–Crippen LogP) is 1.73. The molecule has 2 rings (SSSR count). The number of aryl methyl sites for hydroxylation is 1. The molecule has 1 fully saturated rings. The summed E-state index contributed by atoms with van der Waals surface area (Å²) in [5.74, 6) is -1.11. The van der Waals surface area contributed by atoms with Crippen molar-refractivity contribution in [3.63, 3.8) is 0 Å². The minimum absolute atomic E-state index is 0.0285. The number of amides is 4. The second-order valence-electron chi connectivity index (χ2n) is 6.86. The van der Waals surface area contributed by atoms with Crippen molar-refractivity contribution >= 4 is 23.6 Å². The molecule has 3 N–H and O–H groups in total. The average Bonchev–Trinajstić information content (AvgIpc) is 2.62. The Labute approximate surface area is 159 Å². The molecule has 7 nitrogen and oxygen atoms in total. The summed E-state index contributed by atoms with van der Waals surface area (Å²) in [4.78, 5) is 47.2. The number of unbranched alkanes of at least 4 members (excludes halogenated alkanes) is 2. The molecule has 1 heterocycles. The molecule has 4 amide bonds. The lowest BCUT2D eigenvalue weighted by atomic mass is 10.0. The van der Waals surface area contributed by atoms with Crippen LogP contribution in [0.1, 0.15) is 66.9 Å².